The molecule has 66 valence electrons. The van der Waals surface area contributed by atoms with Crippen molar-refractivity contribution >= 4 is 21.8 Å². The second-order valence-corrected chi connectivity index (χ2v) is 3.78. The van der Waals surface area contributed by atoms with Crippen LogP contribution in [0.2, 0.25) is 0 Å². The molecule has 2 rings (SSSR count). The highest BCUT2D eigenvalue weighted by molar-refractivity contribution is 9.11. The maximum Gasteiger partial charge on any atom is 0.132 e. The summed E-state index contributed by atoms with van der Waals surface area (Å²) in [4.78, 5) is 4.37. The fraction of sp³-hybridized carbons (Fsp3) is 0.100. The van der Waals surface area contributed by atoms with Crippen molar-refractivity contribution < 1.29 is 0 Å². The van der Waals surface area contributed by atoms with E-state index in [1.165, 1.54) is 0 Å². The number of aliphatic imine (C=N–C) groups is 1. The van der Waals surface area contributed by atoms with Crippen LogP contribution in [0.15, 0.2) is 46.0 Å². The van der Waals surface area contributed by atoms with Crippen molar-refractivity contribution in [2.45, 2.75) is 0 Å². The first kappa shape index (κ1) is 8.51. The van der Waals surface area contributed by atoms with Crippen molar-refractivity contribution in [1.82, 2.24) is 5.32 Å². The lowest BCUT2D eigenvalue weighted by molar-refractivity contribution is 1.09. The number of hydrogen-bond donors (Lipinski definition) is 1. The molecule has 1 aromatic rings. The van der Waals surface area contributed by atoms with Crippen LogP contribution in [0.1, 0.15) is 5.56 Å². The maximum atomic E-state index is 4.37. The summed E-state index contributed by atoms with van der Waals surface area (Å²) in [6.07, 6.45) is 1.93. The van der Waals surface area contributed by atoms with E-state index in [9.17, 15) is 0 Å². The normalized spacial score (nSPS) is 15.8. The Hall–Kier alpha value is -1.09. The molecule has 0 spiro atoms. The highest BCUT2D eigenvalue weighted by atomic mass is 79.9. The van der Waals surface area contributed by atoms with E-state index in [1.807, 2.05) is 36.5 Å². The molecule has 0 saturated carbocycles. The van der Waals surface area contributed by atoms with Crippen molar-refractivity contribution in [2.75, 3.05) is 6.54 Å². The molecule has 13 heavy (non-hydrogen) atoms. The van der Waals surface area contributed by atoms with Crippen molar-refractivity contribution in [3.63, 3.8) is 0 Å². The van der Waals surface area contributed by atoms with E-state index >= 15 is 0 Å². The quantitative estimate of drug-likeness (QED) is 0.796. The minimum Gasteiger partial charge on any atom is -0.346 e. The highest BCUT2D eigenvalue weighted by Gasteiger charge is 2.04. The van der Waals surface area contributed by atoms with Gasteiger partial charge in [0.2, 0.25) is 0 Å². The molecule has 0 bridgehead atoms. The first-order valence-electron chi connectivity index (χ1n) is 4.07. The van der Waals surface area contributed by atoms with Gasteiger partial charge in [-0.15, -0.1) is 0 Å². The molecule has 0 amide bonds. The topological polar surface area (TPSA) is 24.4 Å². The second-order valence-electron chi connectivity index (χ2n) is 2.77. The van der Waals surface area contributed by atoms with Crippen LogP contribution in [0.25, 0.3) is 0 Å². The average molecular weight is 237 g/mol. The molecule has 1 heterocycles. The van der Waals surface area contributed by atoms with Gasteiger partial charge in [-0.2, -0.15) is 0 Å². The molecule has 0 radical (unpaired) electrons. The van der Waals surface area contributed by atoms with Gasteiger partial charge in [0.15, 0.2) is 0 Å². The minimum atomic E-state index is 0.719. The summed E-state index contributed by atoms with van der Waals surface area (Å²) < 4.78 is 1.08. The predicted octanol–water partition coefficient (Wildman–Crippen LogP) is 2.27. The molecule has 2 nitrogen and oxygen atoms in total. The zero-order valence-corrected chi connectivity index (χ0v) is 8.58. The number of benzene rings is 1. The fourth-order valence-corrected chi connectivity index (χ4v) is 1.40. The van der Waals surface area contributed by atoms with Crippen LogP contribution in [0.4, 0.5) is 0 Å². The van der Waals surface area contributed by atoms with Gasteiger partial charge in [-0.1, -0.05) is 46.3 Å². The van der Waals surface area contributed by atoms with E-state index in [-0.39, 0.29) is 0 Å². The van der Waals surface area contributed by atoms with E-state index < -0.39 is 0 Å². The largest absolute Gasteiger partial charge is 0.346 e. The summed E-state index contributed by atoms with van der Waals surface area (Å²) in [7, 11) is 0. The van der Waals surface area contributed by atoms with Crippen molar-refractivity contribution in [3.05, 3.63) is 46.6 Å². The van der Waals surface area contributed by atoms with Crippen molar-refractivity contribution in [3.8, 4) is 0 Å². The van der Waals surface area contributed by atoms with Crippen molar-refractivity contribution in [1.29, 1.82) is 0 Å². The van der Waals surface area contributed by atoms with E-state index in [2.05, 4.69) is 26.2 Å². The molecule has 1 aliphatic heterocycles. The van der Waals surface area contributed by atoms with Gasteiger partial charge in [0.1, 0.15) is 5.84 Å². The lowest BCUT2D eigenvalue weighted by Crippen LogP contribution is -2.22. The van der Waals surface area contributed by atoms with E-state index in [0.29, 0.717) is 0 Å². The number of amidine groups is 1. The van der Waals surface area contributed by atoms with Gasteiger partial charge < -0.3 is 5.32 Å². The number of nitrogens with zero attached hydrogens (tertiary/aromatic N) is 1. The smallest absolute Gasteiger partial charge is 0.132 e. The lowest BCUT2D eigenvalue weighted by atomic mass is 10.2. The number of nitrogens with one attached hydrogen (secondary N) is 1. The maximum absolute atomic E-state index is 4.37. The van der Waals surface area contributed by atoms with Gasteiger partial charge in [0.25, 0.3) is 0 Å². The second kappa shape index (κ2) is 3.75. The van der Waals surface area contributed by atoms with Crippen molar-refractivity contribution in [2.24, 2.45) is 4.99 Å². The molecule has 0 unspecified atom stereocenters. The number of halogens is 1. The number of hydrogen-bond acceptors (Lipinski definition) is 2. The van der Waals surface area contributed by atoms with Gasteiger partial charge in [-0.3, -0.25) is 4.99 Å². The van der Waals surface area contributed by atoms with Gasteiger partial charge in [-0.05, 0) is 0 Å². The third-order valence-electron chi connectivity index (χ3n) is 1.80. The summed E-state index contributed by atoms with van der Waals surface area (Å²) in [5.41, 5.74) is 1.12. The van der Waals surface area contributed by atoms with Crippen LogP contribution < -0.4 is 5.32 Å². The van der Waals surface area contributed by atoms with Crippen LogP contribution in [-0.4, -0.2) is 12.4 Å². The molecule has 3 heteroatoms. The molecular weight excluding hydrogens is 228 g/mol. The molecular formula is C10H9BrN2. The lowest BCUT2D eigenvalue weighted by Gasteiger charge is -2.11. The molecule has 0 aromatic heterocycles. The third-order valence-corrected chi connectivity index (χ3v) is 2.28. The van der Waals surface area contributed by atoms with E-state index in [0.717, 1.165) is 22.4 Å². The Bertz CT molecular complexity index is 354. The summed E-state index contributed by atoms with van der Waals surface area (Å²) in [5.74, 6) is 0.934. The first-order chi connectivity index (χ1) is 6.36. The summed E-state index contributed by atoms with van der Waals surface area (Å²) in [6.45, 7) is 0.719. The zero-order valence-electron chi connectivity index (χ0n) is 7.00. The Labute approximate surface area is 85.5 Å². The van der Waals surface area contributed by atoms with Gasteiger partial charge in [0.05, 0.1) is 6.54 Å². The van der Waals surface area contributed by atoms with Crippen LogP contribution in [0.5, 0.6) is 0 Å². The summed E-state index contributed by atoms with van der Waals surface area (Å²) >= 11 is 3.38. The fourth-order valence-electron chi connectivity index (χ4n) is 1.16. The first-order valence-corrected chi connectivity index (χ1v) is 4.86. The monoisotopic (exact) mass is 236 g/mol. The van der Waals surface area contributed by atoms with Gasteiger partial charge >= 0.3 is 0 Å². The zero-order chi connectivity index (χ0) is 9.10. The molecule has 0 fully saturated rings. The predicted molar refractivity (Wildman–Crippen MR) is 58.0 cm³/mol. The molecule has 0 atom stereocenters. The molecule has 0 aliphatic carbocycles. The Morgan fingerprint density at radius 1 is 1.23 bits per heavy atom. The molecule has 1 N–H and O–H groups in total. The van der Waals surface area contributed by atoms with Crippen LogP contribution >= 0.6 is 15.9 Å². The van der Waals surface area contributed by atoms with Gasteiger partial charge in [-0.25, -0.2) is 0 Å². The average Bonchev–Trinajstić information content (AvgIpc) is 2.20. The molecule has 1 aliphatic rings. The Kier molecular flexibility index (Phi) is 2.45. The van der Waals surface area contributed by atoms with Crippen LogP contribution in [-0.2, 0) is 0 Å². The standard InChI is InChI=1S/C10H9BrN2/c11-9-6-12-10(13-7-9)8-4-2-1-3-5-8/h1-6H,7H2,(H,12,13). The summed E-state index contributed by atoms with van der Waals surface area (Å²) in [6, 6.07) is 10.1. The SMILES string of the molecule is BrC1=CNC(c2ccccc2)=NC1. The third kappa shape index (κ3) is 1.98. The van der Waals surface area contributed by atoms with Gasteiger partial charge in [0, 0.05) is 16.2 Å². The molecule has 0 saturated heterocycles. The summed E-state index contributed by atoms with van der Waals surface area (Å²) in [5, 5.41) is 3.13. The highest BCUT2D eigenvalue weighted by Crippen LogP contribution is 2.09. The number of rotatable bonds is 1. The van der Waals surface area contributed by atoms with E-state index in [4.69, 9.17) is 0 Å². The van der Waals surface area contributed by atoms with Crippen LogP contribution in [0.3, 0.4) is 0 Å². The Morgan fingerprint density at radius 2 is 2.00 bits per heavy atom. The van der Waals surface area contributed by atoms with Crippen LogP contribution in [0, 0.1) is 0 Å². The Morgan fingerprint density at radius 3 is 2.62 bits per heavy atom. The molecule has 1 aromatic carbocycles. The Balaban J connectivity index is 2.21. The minimum absolute atomic E-state index is 0.719. The van der Waals surface area contributed by atoms with E-state index in [1.54, 1.807) is 0 Å².